The zero-order chi connectivity index (χ0) is 21.2. The van der Waals surface area contributed by atoms with Crippen LogP contribution in [0.2, 0.25) is 0 Å². The van der Waals surface area contributed by atoms with Gasteiger partial charge in [0.05, 0.1) is 0 Å². The van der Waals surface area contributed by atoms with Crippen LogP contribution in [0.5, 0.6) is 0 Å². The van der Waals surface area contributed by atoms with E-state index in [1.807, 2.05) is 73.7 Å². The predicted molar refractivity (Wildman–Crippen MR) is 127 cm³/mol. The summed E-state index contributed by atoms with van der Waals surface area (Å²) in [6, 6.07) is 35.4. The molecule has 30 heavy (non-hydrogen) atoms. The van der Waals surface area contributed by atoms with Crippen molar-refractivity contribution in [1.29, 1.82) is 0 Å². The quantitative estimate of drug-likeness (QED) is 0.386. The van der Waals surface area contributed by atoms with Crippen molar-refractivity contribution in [3.05, 3.63) is 115 Å². The molecule has 0 aromatic heterocycles. The molecule has 0 aliphatic carbocycles. The van der Waals surface area contributed by atoms with Crippen molar-refractivity contribution in [1.82, 2.24) is 0 Å². The number of rotatable bonds is 5. The molecule has 0 radical (unpaired) electrons. The summed E-state index contributed by atoms with van der Waals surface area (Å²) in [4.78, 5) is -0.0225. The molecule has 4 aromatic carbocycles. The molecule has 0 bridgehead atoms. The first kappa shape index (κ1) is 20.5. The van der Waals surface area contributed by atoms with Crippen LogP contribution in [0.25, 0.3) is 0 Å². The van der Waals surface area contributed by atoms with E-state index in [9.17, 15) is 13.0 Å². The molecule has 0 fully saturated rings. The van der Waals surface area contributed by atoms with Crippen LogP contribution in [0, 0.1) is 6.92 Å². The van der Waals surface area contributed by atoms with E-state index in [1.165, 1.54) is 0 Å². The normalized spacial score (nSPS) is 12.5. The molecule has 0 saturated heterocycles. The van der Waals surface area contributed by atoms with Gasteiger partial charge in [-0.05, 0) is 0 Å². The van der Waals surface area contributed by atoms with Gasteiger partial charge >= 0.3 is 178 Å². The van der Waals surface area contributed by atoms with Crippen molar-refractivity contribution < 1.29 is 13.0 Å². The van der Waals surface area contributed by atoms with Gasteiger partial charge in [0.25, 0.3) is 0 Å². The van der Waals surface area contributed by atoms with Gasteiger partial charge in [0.15, 0.2) is 0 Å². The van der Waals surface area contributed by atoms with Crippen LogP contribution in [0.1, 0.15) is 5.56 Å². The molecule has 0 aliphatic rings. The van der Waals surface area contributed by atoms with E-state index in [4.69, 9.17) is 0 Å². The van der Waals surface area contributed by atoms with Gasteiger partial charge in [-0.1, -0.05) is 0 Å². The molecule has 0 atom stereocenters. The average molecular weight is 434 g/mol. The fraction of sp³-hybridized carbons (Fsp3) is 0.0400. The van der Waals surface area contributed by atoms with Crippen molar-refractivity contribution in [3.8, 4) is 0 Å². The van der Waals surface area contributed by atoms with Crippen LogP contribution in [0.4, 0.5) is 0 Å². The van der Waals surface area contributed by atoms with Crippen molar-refractivity contribution in [3.63, 3.8) is 0 Å². The third-order valence-electron chi connectivity index (χ3n) is 5.44. The van der Waals surface area contributed by atoms with E-state index in [2.05, 4.69) is 36.4 Å². The Morgan fingerprint density at radius 2 is 1.03 bits per heavy atom. The second-order valence-corrected chi connectivity index (χ2v) is 12.5. The summed E-state index contributed by atoms with van der Waals surface area (Å²) in [7, 11) is -7.44. The zero-order valence-electron chi connectivity index (χ0n) is 16.6. The fourth-order valence-corrected chi connectivity index (χ4v) is 10.5. The minimum atomic E-state index is -4.43. The Morgan fingerprint density at radius 3 is 1.40 bits per heavy atom. The van der Waals surface area contributed by atoms with Gasteiger partial charge in [0.2, 0.25) is 0 Å². The molecule has 5 heteroatoms. The van der Waals surface area contributed by atoms with Gasteiger partial charge in [0.1, 0.15) is 0 Å². The van der Waals surface area contributed by atoms with Crippen LogP contribution in [-0.4, -0.2) is 13.0 Å². The summed E-state index contributed by atoms with van der Waals surface area (Å²) < 4.78 is 35.2. The van der Waals surface area contributed by atoms with E-state index in [0.29, 0.717) is 5.30 Å². The molecule has 3 nitrogen and oxygen atoms in total. The van der Waals surface area contributed by atoms with Crippen LogP contribution in [0.3, 0.4) is 0 Å². The van der Waals surface area contributed by atoms with Gasteiger partial charge in [-0.3, -0.25) is 0 Å². The van der Waals surface area contributed by atoms with Crippen LogP contribution < -0.4 is 21.2 Å². The van der Waals surface area contributed by atoms with Gasteiger partial charge in [-0.15, -0.1) is 0 Å². The number of aryl methyl sites for hydroxylation is 1. The van der Waals surface area contributed by atoms with E-state index in [1.54, 1.807) is 6.07 Å². The average Bonchev–Trinajstić information content (AvgIpc) is 2.77. The summed E-state index contributed by atoms with van der Waals surface area (Å²) in [5, 5.41) is 3.81. The van der Waals surface area contributed by atoms with E-state index >= 15 is 0 Å². The van der Waals surface area contributed by atoms with Crippen LogP contribution in [-0.2, 0) is 10.1 Å². The molecule has 0 saturated carbocycles. The summed E-state index contributed by atoms with van der Waals surface area (Å²) in [5.74, 6) is 0. The number of hydrogen-bond acceptors (Lipinski definition) is 2. The maximum atomic E-state index is 12.5. The molecular weight excluding hydrogens is 411 g/mol. The SMILES string of the molecule is Cc1ccc([PH](c2ccccc2)(c2ccccc2)c2ccccc2)c(S(=O)(=O)O)c1. The molecule has 0 aliphatic heterocycles. The number of hydrogen-bond donors (Lipinski definition) is 1. The van der Waals surface area contributed by atoms with Crippen LogP contribution in [0.15, 0.2) is 114 Å². The van der Waals surface area contributed by atoms with Crippen LogP contribution >= 0.6 is 7.26 Å². The molecule has 152 valence electrons. The standard InChI is InChI=1S/C25H23O3PS/c1-20-17-18-24(25(19-20)30(26,27)28)29(21-11-5-2-6-12-21,22-13-7-3-8-14-22)23-15-9-4-10-16-23/h2-19,29H,1H3,(H,26,27,28). The summed E-state index contributed by atoms with van der Waals surface area (Å²) >= 11 is 0. The van der Waals surface area contributed by atoms with Gasteiger partial charge in [-0.25, -0.2) is 0 Å². The maximum absolute atomic E-state index is 12.5. The van der Waals surface area contributed by atoms with Gasteiger partial charge in [0, 0.05) is 0 Å². The Morgan fingerprint density at radius 1 is 0.633 bits per heavy atom. The Balaban J connectivity index is 2.24. The van der Waals surface area contributed by atoms with Crippen molar-refractivity contribution in [2.24, 2.45) is 0 Å². The first-order chi connectivity index (χ1) is 14.4. The Bertz CT molecular complexity index is 1160. The van der Waals surface area contributed by atoms with Crippen molar-refractivity contribution in [2.45, 2.75) is 11.8 Å². The van der Waals surface area contributed by atoms with E-state index in [-0.39, 0.29) is 4.90 Å². The van der Waals surface area contributed by atoms with Gasteiger partial charge in [-0.2, -0.15) is 0 Å². The predicted octanol–water partition coefficient (Wildman–Crippen LogP) is 3.59. The van der Waals surface area contributed by atoms with E-state index < -0.39 is 17.4 Å². The fourth-order valence-electron chi connectivity index (χ4n) is 4.18. The molecule has 4 rings (SSSR count). The molecule has 0 heterocycles. The van der Waals surface area contributed by atoms with Gasteiger partial charge < -0.3 is 0 Å². The van der Waals surface area contributed by atoms with E-state index in [0.717, 1.165) is 21.5 Å². The summed E-state index contributed by atoms with van der Waals surface area (Å²) in [6.45, 7) is 1.83. The molecule has 0 spiro atoms. The second kappa shape index (κ2) is 8.16. The second-order valence-electron chi connectivity index (χ2n) is 7.32. The van der Waals surface area contributed by atoms with Crippen molar-refractivity contribution >= 4 is 38.6 Å². The molecule has 0 unspecified atom stereocenters. The first-order valence-corrected chi connectivity index (χ1v) is 13.1. The molecule has 0 amide bonds. The molecule has 4 aromatic rings. The Hall–Kier alpha value is -2.78. The van der Waals surface area contributed by atoms with Crippen molar-refractivity contribution in [2.75, 3.05) is 0 Å². The monoisotopic (exact) mass is 434 g/mol. The Labute approximate surface area is 178 Å². The molecule has 1 N–H and O–H groups in total. The summed E-state index contributed by atoms with van der Waals surface area (Å²) in [6.07, 6.45) is 0. The third-order valence-corrected chi connectivity index (χ3v) is 11.4. The third kappa shape index (κ3) is 3.59. The summed E-state index contributed by atoms with van der Waals surface area (Å²) in [5.41, 5.74) is 0.781. The zero-order valence-corrected chi connectivity index (χ0v) is 18.4. The number of benzene rings is 4. The topological polar surface area (TPSA) is 54.4 Å². The first-order valence-electron chi connectivity index (χ1n) is 9.69. The Kier molecular flexibility index (Phi) is 5.57. The minimum absolute atomic E-state index is 0.0225. The molecular formula is C25H23O3PS.